The second-order valence-corrected chi connectivity index (χ2v) is 8.52. The van der Waals surface area contributed by atoms with Gasteiger partial charge in [0.15, 0.2) is 11.5 Å². The summed E-state index contributed by atoms with van der Waals surface area (Å²) in [6.45, 7) is 3.87. The van der Waals surface area contributed by atoms with Crippen LogP contribution in [0.4, 0.5) is 0 Å². The highest BCUT2D eigenvalue weighted by atomic mass is 35.5. The molecule has 0 spiro atoms. The molecule has 1 fully saturated rings. The van der Waals surface area contributed by atoms with Crippen LogP contribution in [0, 0.1) is 5.92 Å². The fourth-order valence-corrected chi connectivity index (χ4v) is 4.00. The van der Waals surface area contributed by atoms with E-state index >= 15 is 0 Å². The van der Waals surface area contributed by atoms with Gasteiger partial charge in [-0.25, -0.2) is 0 Å². The summed E-state index contributed by atoms with van der Waals surface area (Å²) in [6, 6.07) is 12.2. The molecule has 2 unspecified atom stereocenters. The molecule has 2 aromatic rings. The van der Waals surface area contributed by atoms with E-state index in [0.717, 1.165) is 18.4 Å². The summed E-state index contributed by atoms with van der Waals surface area (Å²) in [7, 11) is 3.20. The molecule has 2 aromatic carbocycles. The second kappa shape index (κ2) is 11.9. The second-order valence-electron chi connectivity index (χ2n) is 8.08. The van der Waals surface area contributed by atoms with Crippen LogP contribution < -0.4 is 14.8 Å². The summed E-state index contributed by atoms with van der Waals surface area (Å²) in [5, 5.41) is 3.67. The van der Waals surface area contributed by atoms with E-state index < -0.39 is 0 Å². The molecule has 0 radical (unpaired) electrons. The van der Waals surface area contributed by atoms with Crippen LogP contribution in [-0.2, 0) is 9.53 Å². The summed E-state index contributed by atoms with van der Waals surface area (Å²) in [5.41, 5.74) is 1.48. The first-order valence-electron chi connectivity index (χ1n) is 11.1. The van der Waals surface area contributed by atoms with Crippen molar-refractivity contribution in [1.29, 1.82) is 0 Å². The van der Waals surface area contributed by atoms with E-state index in [9.17, 15) is 9.59 Å². The van der Waals surface area contributed by atoms with Crippen molar-refractivity contribution in [2.75, 3.05) is 40.5 Å². The Morgan fingerprint density at radius 2 is 1.88 bits per heavy atom. The van der Waals surface area contributed by atoms with Crippen molar-refractivity contribution in [3.8, 4) is 11.5 Å². The molecule has 1 saturated heterocycles. The Bertz CT molecular complexity index is 950. The number of carbonyl (C=O) groups is 2. The predicted octanol–water partition coefficient (Wildman–Crippen LogP) is 4.10. The highest BCUT2D eigenvalue weighted by Crippen LogP contribution is 2.30. The van der Waals surface area contributed by atoms with Gasteiger partial charge in [-0.1, -0.05) is 17.7 Å². The van der Waals surface area contributed by atoms with Crippen LogP contribution in [0.2, 0.25) is 5.02 Å². The number of halogens is 1. The van der Waals surface area contributed by atoms with Crippen LogP contribution in [-0.4, -0.2) is 57.2 Å². The van der Waals surface area contributed by atoms with Gasteiger partial charge in [0.25, 0.3) is 5.91 Å². The maximum Gasteiger partial charge on any atom is 0.253 e. The fraction of sp³-hybridized carbons (Fsp3) is 0.440. The third-order valence-electron chi connectivity index (χ3n) is 5.76. The van der Waals surface area contributed by atoms with Crippen LogP contribution in [0.1, 0.15) is 41.7 Å². The number of hydrogen-bond acceptors (Lipinski definition) is 5. The number of piperidine rings is 1. The first kappa shape index (κ1) is 24.9. The molecule has 0 bridgehead atoms. The number of amides is 2. The number of benzene rings is 2. The highest BCUT2D eigenvalue weighted by molar-refractivity contribution is 6.30. The largest absolute Gasteiger partial charge is 0.493 e. The molecule has 1 aliphatic rings. The molecule has 1 aliphatic heterocycles. The van der Waals surface area contributed by atoms with Gasteiger partial charge in [-0.2, -0.15) is 0 Å². The Hall–Kier alpha value is -2.77. The van der Waals surface area contributed by atoms with Crippen molar-refractivity contribution < 1.29 is 23.8 Å². The zero-order chi connectivity index (χ0) is 23.8. The van der Waals surface area contributed by atoms with Gasteiger partial charge in [-0.05, 0) is 61.7 Å². The number of methoxy groups -OCH3 is 2. The van der Waals surface area contributed by atoms with Crippen molar-refractivity contribution in [2.45, 2.75) is 25.8 Å². The molecule has 0 aliphatic carbocycles. The minimum Gasteiger partial charge on any atom is -0.493 e. The number of hydrogen-bond donors (Lipinski definition) is 1. The SMILES string of the molecule is COCCOc1ccc(C(C)NC(=O)C2CCCN(C(=O)c3ccc(Cl)cc3)C2)cc1OC. The van der Waals surface area contributed by atoms with Gasteiger partial charge in [-0.3, -0.25) is 9.59 Å². The molecule has 0 saturated carbocycles. The zero-order valence-electron chi connectivity index (χ0n) is 19.3. The minimum atomic E-state index is -0.254. The highest BCUT2D eigenvalue weighted by Gasteiger charge is 2.29. The average molecular weight is 475 g/mol. The first-order chi connectivity index (χ1) is 15.9. The molecular weight excluding hydrogens is 444 g/mol. The van der Waals surface area contributed by atoms with Gasteiger partial charge in [0.1, 0.15) is 6.61 Å². The molecule has 178 valence electrons. The van der Waals surface area contributed by atoms with E-state index in [1.54, 1.807) is 43.4 Å². The number of nitrogens with zero attached hydrogens (tertiary/aromatic N) is 1. The van der Waals surface area contributed by atoms with E-state index in [4.69, 9.17) is 25.8 Å². The van der Waals surface area contributed by atoms with Crippen molar-refractivity contribution >= 4 is 23.4 Å². The lowest BCUT2D eigenvalue weighted by atomic mass is 9.95. The monoisotopic (exact) mass is 474 g/mol. The lowest BCUT2D eigenvalue weighted by molar-refractivity contribution is -0.127. The van der Waals surface area contributed by atoms with Crippen LogP contribution in [0.25, 0.3) is 0 Å². The molecule has 7 nitrogen and oxygen atoms in total. The number of likely N-dealkylation sites (tertiary alicyclic amines) is 1. The number of nitrogens with one attached hydrogen (secondary N) is 1. The van der Waals surface area contributed by atoms with Crippen LogP contribution in [0.3, 0.4) is 0 Å². The Labute approximate surface area is 200 Å². The minimum absolute atomic E-state index is 0.0597. The molecule has 1 heterocycles. The number of carbonyl (C=O) groups excluding carboxylic acids is 2. The molecule has 8 heteroatoms. The Morgan fingerprint density at radius 1 is 1.12 bits per heavy atom. The Morgan fingerprint density at radius 3 is 2.58 bits per heavy atom. The van der Waals surface area contributed by atoms with E-state index in [1.807, 2.05) is 25.1 Å². The third-order valence-corrected chi connectivity index (χ3v) is 6.01. The maximum absolute atomic E-state index is 13.0. The summed E-state index contributed by atoms with van der Waals surface area (Å²) < 4.78 is 16.1. The van der Waals surface area contributed by atoms with Crippen LogP contribution in [0.15, 0.2) is 42.5 Å². The number of ether oxygens (including phenoxy) is 3. The molecule has 1 N–H and O–H groups in total. The quantitative estimate of drug-likeness (QED) is 0.553. The Balaban J connectivity index is 1.60. The van der Waals surface area contributed by atoms with E-state index in [-0.39, 0.29) is 23.8 Å². The zero-order valence-corrected chi connectivity index (χ0v) is 20.1. The molecule has 3 rings (SSSR count). The van der Waals surface area contributed by atoms with Crippen molar-refractivity contribution in [2.24, 2.45) is 5.92 Å². The lowest BCUT2D eigenvalue weighted by Gasteiger charge is -2.32. The summed E-state index contributed by atoms with van der Waals surface area (Å²) in [4.78, 5) is 27.6. The molecule has 2 atom stereocenters. The van der Waals surface area contributed by atoms with Gasteiger partial charge in [-0.15, -0.1) is 0 Å². The van der Waals surface area contributed by atoms with Gasteiger partial charge >= 0.3 is 0 Å². The normalized spacial score (nSPS) is 16.7. The summed E-state index contributed by atoms with van der Waals surface area (Å²) in [6.07, 6.45) is 1.53. The van der Waals surface area contributed by atoms with Crippen LogP contribution >= 0.6 is 11.6 Å². The maximum atomic E-state index is 13.0. The Kier molecular flexibility index (Phi) is 8.97. The average Bonchev–Trinajstić information content (AvgIpc) is 2.84. The van der Waals surface area contributed by atoms with Gasteiger partial charge < -0.3 is 24.4 Å². The van der Waals surface area contributed by atoms with Crippen LogP contribution in [0.5, 0.6) is 11.5 Å². The fourth-order valence-electron chi connectivity index (χ4n) is 3.87. The van der Waals surface area contributed by atoms with Gasteiger partial charge in [0, 0.05) is 30.8 Å². The van der Waals surface area contributed by atoms with Gasteiger partial charge in [0.2, 0.25) is 5.91 Å². The van der Waals surface area contributed by atoms with Crippen molar-refractivity contribution in [3.05, 3.63) is 58.6 Å². The molecule has 33 heavy (non-hydrogen) atoms. The smallest absolute Gasteiger partial charge is 0.253 e. The van der Waals surface area contributed by atoms with Crippen molar-refractivity contribution in [3.63, 3.8) is 0 Å². The molecule has 0 aromatic heterocycles. The van der Waals surface area contributed by atoms with Gasteiger partial charge in [0.05, 0.1) is 25.7 Å². The summed E-state index contributed by atoms with van der Waals surface area (Å²) in [5.74, 6) is 0.833. The van der Waals surface area contributed by atoms with Crippen molar-refractivity contribution in [1.82, 2.24) is 10.2 Å². The number of rotatable bonds is 9. The van der Waals surface area contributed by atoms with E-state index in [1.165, 1.54) is 0 Å². The standard InChI is InChI=1S/C25H31ClN2O5/c1-17(19-8-11-22(23(15-19)32-3)33-14-13-31-2)27-24(29)20-5-4-12-28(16-20)25(30)18-6-9-21(26)10-7-18/h6-11,15,17,20H,4-5,12-14,16H2,1-3H3,(H,27,29). The van der Waals surface area contributed by atoms with E-state index in [2.05, 4.69) is 5.32 Å². The summed E-state index contributed by atoms with van der Waals surface area (Å²) >= 11 is 5.92. The van der Waals surface area contributed by atoms with E-state index in [0.29, 0.717) is 48.4 Å². The molecular formula is C25H31ClN2O5. The first-order valence-corrected chi connectivity index (χ1v) is 11.5. The predicted molar refractivity (Wildman–Crippen MR) is 127 cm³/mol. The topological polar surface area (TPSA) is 77.1 Å². The molecule has 2 amide bonds. The lowest BCUT2D eigenvalue weighted by Crippen LogP contribution is -2.45. The third kappa shape index (κ3) is 6.62.